The van der Waals surface area contributed by atoms with Gasteiger partial charge in [-0.25, -0.2) is 0 Å². The second kappa shape index (κ2) is 2.37. The number of rotatable bonds is 0. The first-order valence-corrected chi connectivity index (χ1v) is 4.05. The molecule has 0 aromatic rings. The summed E-state index contributed by atoms with van der Waals surface area (Å²) < 4.78 is 0. The van der Waals surface area contributed by atoms with Crippen LogP contribution in [0.15, 0.2) is 4.99 Å². The quantitative estimate of drug-likeness (QED) is 0.489. The molecule has 0 N–H and O–H groups in total. The van der Waals surface area contributed by atoms with Crippen molar-refractivity contribution in [1.29, 1.82) is 0 Å². The van der Waals surface area contributed by atoms with Crippen LogP contribution < -0.4 is 0 Å². The molecule has 1 nitrogen and oxygen atoms in total. The molecule has 0 saturated heterocycles. The molecule has 0 saturated carbocycles. The molecule has 0 spiro atoms. The van der Waals surface area contributed by atoms with E-state index in [9.17, 15) is 0 Å². The van der Waals surface area contributed by atoms with E-state index in [1.165, 1.54) is 6.42 Å². The molecule has 0 aromatic carbocycles. The standard InChI is InChI=1S/C9H17N/c1-7-5-9(3,4)6-10-8(7)2/h6-8H,5H2,1-4H3. The molecule has 0 bridgehead atoms. The number of aliphatic imine (C=N–C) groups is 1. The van der Waals surface area contributed by atoms with E-state index in [0.717, 1.165) is 5.92 Å². The van der Waals surface area contributed by atoms with Crippen LogP contribution in [0.3, 0.4) is 0 Å². The predicted octanol–water partition coefficient (Wildman–Crippen LogP) is 2.51. The lowest BCUT2D eigenvalue weighted by molar-refractivity contribution is 0.321. The number of hydrogen-bond acceptors (Lipinski definition) is 1. The summed E-state index contributed by atoms with van der Waals surface area (Å²) in [6.45, 7) is 8.97. The lowest BCUT2D eigenvalue weighted by Gasteiger charge is -2.31. The minimum absolute atomic E-state index is 0.339. The van der Waals surface area contributed by atoms with Crippen molar-refractivity contribution in [3.63, 3.8) is 0 Å². The predicted molar refractivity (Wildman–Crippen MR) is 45.5 cm³/mol. The fourth-order valence-corrected chi connectivity index (χ4v) is 1.52. The largest absolute Gasteiger partial charge is 0.294 e. The van der Waals surface area contributed by atoms with Gasteiger partial charge in [0.2, 0.25) is 0 Å². The van der Waals surface area contributed by atoms with Gasteiger partial charge in [0.15, 0.2) is 0 Å². The Morgan fingerprint density at radius 3 is 2.40 bits per heavy atom. The molecule has 2 atom stereocenters. The van der Waals surface area contributed by atoms with Gasteiger partial charge in [-0.1, -0.05) is 20.8 Å². The van der Waals surface area contributed by atoms with Crippen LogP contribution in [0.4, 0.5) is 0 Å². The molecule has 0 amide bonds. The van der Waals surface area contributed by atoms with Crippen molar-refractivity contribution in [2.45, 2.75) is 40.2 Å². The van der Waals surface area contributed by atoms with E-state index >= 15 is 0 Å². The van der Waals surface area contributed by atoms with Crippen LogP contribution in [0.2, 0.25) is 0 Å². The summed E-state index contributed by atoms with van der Waals surface area (Å²) in [5, 5.41) is 0. The Balaban J connectivity index is 2.69. The molecule has 58 valence electrons. The summed E-state index contributed by atoms with van der Waals surface area (Å²) in [6.07, 6.45) is 3.38. The van der Waals surface area contributed by atoms with E-state index in [1.54, 1.807) is 0 Å². The van der Waals surface area contributed by atoms with Gasteiger partial charge in [-0.15, -0.1) is 0 Å². The molecular weight excluding hydrogens is 122 g/mol. The first-order valence-electron chi connectivity index (χ1n) is 4.05. The van der Waals surface area contributed by atoms with Crippen molar-refractivity contribution in [1.82, 2.24) is 0 Å². The Labute approximate surface area is 63.5 Å². The van der Waals surface area contributed by atoms with Crippen LogP contribution in [0.5, 0.6) is 0 Å². The van der Waals surface area contributed by atoms with Crippen molar-refractivity contribution >= 4 is 6.21 Å². The van der Waals surface area contributed by atoms with Gasteiger partial charge in [0, 0.05) is 12.3 Å². The van der Waals surface area contributed by atoms with Gasteiger partial charge in [-0.3, -0.25) is 4.99 Å². The fraction of sp³-hybridized carbons (Fsp3) is 0.889. The smallest absolute Gasteiger partial charge is 0.0493 e. The van der Waals surface area contributed by atoms with E-state index in [1.807, 2.05) is 0 Å². The van der Waals surface area contributed by atoms with Crippen molar-refractivity contribution in [2.24, 2.45) is 16.3 Å². The third kappa shape index (κ3) is 1.59. The maximum Gasteiger partial charge on any atom is 0.0493 e. The second-order valence-corrected chi connectivity index (χ2v) is 4.19. The van der Waals surface area contributed by atoms with Crippen LogP contribution in [0.25, 0.3) is 0 Å². The van der Waals surface area contributed by atoms with E-state index in [-0.39, 0.29) is 0 Å². The van der Waals surface area contributed by atoms with Crippen LogP contribution in [-0.2, 0) is 0 Å². The van der Waals surface area contributed by atoms with Crippen molar-refractivity contribution in [3.8, 4) is 0 Å². The monoisotopic (exact) mass is 139 g/mol. The molecule has 0 aromatic heterocycles. The lowest BCUT2D eigenvalue weighted by atomic mass is 9.79. The molecule has 0 aliphatic carbocycles. The van der Waals surface area contributed by atoms with Crippen molar-refractivity contribution < 1.29 is 0 Å². The zero-order valence-corrected chi connectivity index (χ0v) is 7.39. The molecular formula is C9H17N. The topological polar surface area (TPSA) is 12.4 Å². The van der Waals surface area contributed by atoms with Gasteiger partial charge < -0.3 is 0 Å². The van der Waals surface area contributed by atoms with Gasteiger partial charge in [-0.05, 0) is 24.7 Å². The highest BCUT2D eigenvalue weighted by molar-refractivity contribution is 5.65. The number of nitrogens with zero attached hydrogens (tertiary/aromatic N) is 1. The molecule has 1 aliphatic heterocycles. The summed E-state index contributed by atoms with van der Waals surface area (Å²) >= 11 is 0. The third-order valence-electron chi connectivity index (χ3n) is 2.33. The molecule has 1 heterocycles. The third-order valence-corrected chi connectivity index (χ3v) is 2.33. The van der Waals surface area contributed by atoms with E-state index < -0.39 is 0 Å². The first kappa shape index (κ1) is 7.77. The maximum atomic E-state index is 4.44. The second-order valence-electron chi connectivity index (χ2n) is 4.19. The first-order chi connectivity index (χ1) is 4.51. The summed E-state index contributed by atoms with van der Waals surface area (Å²) in [5.74, 6) is 0.750. The van der Waals surface area contributed by atoms with Gasteiger partial charge in [0.1, 0.15) is 0 Å². The molecule has 1 rings (SSSR count). The Kier molecular flexibility index (Phi) is 1.84. The van der Waals surface area contributed by atoms with Gasteiger partial charge in [-0.2, -0.15) is 0 Å². The maximum absolute atomic E-state index is 4.44. The fourth-order valence-electron chi connectivity index (χ4n) is 1.52. The Morgan fingerprint density at radius 2 is 2.00 bits per heavy atom. The summed E-state index contributed by atoms with van der Waals surface area (Å²) in [6, 6.07) is 0.535. The van der Waals surface area contributed by atoms with Gasteiger partial charge >= 0.3 is 0 Å². The molecule has 10 heavy (non-hydrogen) atoms. The van der Waals surface area contributed by atoms with Gasteiger partial charge in [0.05, 0.1) is 0 Å². The van der Waals surface area contributed by atoms with Crippen LogP contribution in [0.1, 0.15) is 34.1 Å². The Hall–Kier alpha value is -0.330. The van der Waals surface area contributed by atoms with E-state index in [2.05, 4.69) is 38.9 Å². The highest BCUT2D eigenvalue weighted by Crippen LogP contribution is 2.30. The zero-order valence-electron chi connectivity index (χ0n) is 7.39. The SMILES string of the molecule is CC1CC(C)(C)C=NC1C. The van der Waals surface area contributed by atoms with E-state index in [0.29, 0.717) is 11.5 Å². The molecule has 1 heteroatoms. The lowest BCUT2D eigenvalue weighted by Crippen LogP contribution is -2.28. The minimum Gasteiger partial charge on any atom is -0.294 e. The molecule has 0 fully saturated rings. The summed E-state index contributed by atoms with van der Waals surface area (Å²) in [5.41, 5.74) is 0.339. The molecule has 0 radical (unpaired) electrons. The zero-order chi connectivity index (χ0) is 7.78. The van der Waals surface area contributed by atoms with E-state index in [4.69, 9.17) is 0 Å². The summed E-state index contributed by atoms with van der Waals surface area (Å²) in [7, 11) is 0. The van der Waals surface area contributed by atoms with Gasteiger partial charge in [0.25, 0.3) is 0 Å². The highest BCUT2D eigenvalue weighted by atomic mass is 14.8. The van der Waals surface area contributed by atoms with Crippen LogP contribution in [0, 0.1) is 11.3 Å². The molecule has 1 aliphatic rings. The van der Waals surface area contributed by atoms with Crippen LogP contribution >= 0.6 is 0 Å². The minimum atomic E-state index is 0.339. The Morgan fingerprint density at radius 1 is 1.40 bits per heavy atom. The van der Waals surface area contributed by atoms with Crippen molar-refractivity contribution in [2.75, 3.05) is 0 Å². The molecule has 2 unspecified atom stereocenters. The normalized spacial score (nSPS) is 38.0. The average molecular weight is 139 g/mol. The van der Waals surface area contributed by atoms with Crippen LogP contribution in [-0.4, -0.2) is 12.3 Å². The highest BCUT2D eigenvalue weighted by Gasteiger charge is 2.26. The van der Waals surface area contributed by atoms with Crippen molar-refractivity contribution in [3.05, 3.63) is 0 Å². The Bertz CT molecular complexity index is 147. The average Bonchev–Trinajstić information content (AvgIpc) is 1.79. The summed E-state index contributed by atoms with van der Waals surface area (Å²) in [4.78, 5) is 4.44. The number of hydrogen-bond donors (Lipinski definition) is 0.